The van der Waals surface area contributed by atoms with Crippen molar-refractivity contribution in [2.24, 2.45) is 10.7 Å². The SMILES string of the molecule is C=C(C)C(C(=NC)C(C)c1ccc(C)cc1)=C(N)CCC. The molecule has 1 unspecified atom stereocenters. The van der Waals surface area contributed by atoms with Gasteiger partial charge in [-0.25, -0.2) is 0 Å². The van der Waals surface area contributed by atoms with E-state index in [1.165, 1.54) is 11.1 Å². The minimum atomic E-state index is 0.206. The number of aryl methyl sites for hydroxylation is 1. The molecule has 0 aliphatic rings. The monoisotopic (exact) mass is 284 g/mol. The summed E-state index contributed by atoms with van der Waals surface area (Å²) in [5.41, 5.74) is 12.7. The summed E-state index contributed by atoms with van der Waals surface area (Å²) in [5, 5.41) is 0. The number of hydrogen-bond donors (Lipinski definition) is 1. The van der Waals surface area contributed by atoms with Gasteiger partial charge < -0.3 is 5.73 Å². The maximum atomic E-state index is 6.28. The number of hydrogen-bond acceptors (Lipinski definition) is 2. The quantitative estimate of drug-likeness (QED) is 0.593. The molecule has 1 atom stereocenters. The van der Waals surface area contributed by atoms with Gasteiger partial charge in [0, 0.05) is 24.2 Å². The molecule has 2 nitrogen and oxygen atoms in total. The van der Waals surface area contributed by atoms with Crippen molar-refractivity contribution in [1.29, 1.82) is 0 Å². The van der Waals surface area contributed by atoms with Gasteiger partial charge in [0.1, 0.15) is 0 Å². The van der Waals surface area contributed by atoms with Crippen LogP contribution in [0.25, 0.3) is 0 Å². The number of allylic oxidation sites excluding steroid dienone is 3. The number of benzene rings is 1. The Morgan fingerprint density at radius 2 is 1.86 bits per heavy atom. The molecule has 0 aliphatic heterocycles. The van der Waals surface area contributed by atoms with Crippen molar-refractivity contribution in [2.45, 2.75) is 46.5 Å². The molecule has 21 heavy (non-hydrogen) atoms. The van der Waals surface area contributed by atoms with Crippen molar-refractivity contribution >= 4 is 5.71 Å². The summed E-state index contributed by atoms with van der Waals surface area (Å²) in [5.74, 6) is 0.206. The highest BCUT2D eigenvalue weighted by atomic mass is 14.7. The molecule has 0 fully saturated rings. The van der Waals surface area contributed by atoms with Gasteiger partial charge >= 0.3 is 0 Å². The average Bonchev–Trinajstić information content (AvgIpc) is 2.44. The topological polar surface area (TPSA) is 38.4 Å². The van der Waals surface area contributed by atoms with Crippen molar-refractivity contribution < 1.29 is 0 Å². The van der Waals surface area contributed by atoms with Crippen LogP contribution in [0.3, 0.4) is 0 Å². The molecular formula is C19H28N2. The second kappa shape index (κ2) is 7.82. The Hall–Kier alpha value is -1.83. The molecular weight excluding hydrogens is 256 g/mol. The summed E-state index contributed by atoms with van der Waals surface area (Å²) in [7, 11) is 1.84. The van der Waals surface area contributed by atoms with Crippen LogP contribution in [0.15, 0.2) is 52.7 Å². The normalized spacial score (nSPS) is 14.6. The van der Waals surface area contributed by atoms with Crippen molar-refractivity contribution in [2.75, 3.05) is 7.05 Å². The van der Waals surface area contributed by atoms with E-state index in [1.54, 1.807) is 0 Å². The molecule has 0 saturated heterocycles. The van der Waals surface area contributed by atoms with Crippen molar-refractivity contribution in [3.63, 3.8) is 0 Å². The molecule has 0 spiro atoms. The first-order chi connectivity index (χ1) is 9.92. The first kappa shape index (κ1) is 17.2. The van der Waals surface area contributed by atoms with E-state index in [-0.39, 0.29) is 5.92 Å². The zero-order valence-corrected chi connectivity index (χ0v) is 14.0. The standard InChI is InChI=1S/C19H28N2/c1-7-8-17(20)18(13(2)3)19(21-6)15(5)16-11-9-14(4)10-12-16/h9-12,15H,2,7-8,20H2,1,3-6H3. The second-order valence-electron chi connectivity index (χ2n) is 5.67. The Balaban J connectivity index is 3.24. The van der Waals surface area contributed by atoms with Crippen LogP contribution in [-0.4, -0.2) is 12.8 Å². The van der Waals surface area contributed by atoms with Gasteiger partial charge in [-0.05, 0) is 31.4 Å². The largest absolute Gasteiger partial charge is 0.401 e. The lowest BCUT2D eigenvalue weighted by molar-refractivity contribution is 0.881. The molecule has 1 aromatic carbocycles. The van der Waals surface area contributed by atoms with Gasteiger partial charge in [0.25, 0.3) is 0 Å². The highest BCUT2D eigenvalue weighted by Crippen LogP contribution is 2.26. The van der Waals surface area contributed by atoms with Gasteiger partial charge in [-0.1, -0.05) is 56.7 Å². The minimum Gasteiger partial charge on any atom is -0.401 e. The van der Waals surface area contributed by atoms with E-state index >= 15 is 0 Å². The van der Waals surface area contributed by atoms with Crippen LogP contribution in [-0.2, 0) is 0 Å². The highest BCUT2D eigenvalue weighted by Gasteiger charge is 2.19. The summed E-state index contributed by atoms with van der Waals surface area (Å²) in [6, 6.07) is 8.60. The molecule has 1 rings (SSSR count). The van der Waals surface area contributed by atoms with E-state index < -0.39 is 0 Å². The van der Waals surface area contributed by atoms with E-state index in [4.69, 9.17) is 5.73 Å². The molecule has 0 saturated carbocycles. The lowest BCUT2D eigenvalue weighted by atomic mass is 9.87. The minimum absolute atomic E-state index is 0.206. The van der Waals surface area contributed by atoms with E-state index in [0.29, 0.717) is 0 Å². The van der Waals surface area contributed by atoms with Crippen LogP contribution < -0.4 is 5.73 Å². The van der Waals surface area contributed by atoms with E-state index in [1.807, 2.05) is 14.0 Å². The lowest BCUT2D eigenvalue weighted by Gasteiger charge is -2.20. The third-order valence-corrected chi connectivity index (χ3v) is 3.75. The number of nitrogens with zero attached hydrogens (tertiary/aromatic N) is 1. The van der Waals surface area contributed by atoms with Crippen LogP contribution >= 0.6 is 0 Å². The fraction of sp³-hybridized carbons (Fsp3) is 0.421. The summed E-state index contributed by atoms with van der Waals surface area (Å²) in [6.07, 6.45) is 1.90. The Morgan fingerprint density at radius 1 is 1.29 bits per heavy atom. The van der Waals surface area contributed by atoms with Crippen molar-refractivity contribution in [3.8, 4) is 0 Å². The average molecular weight is 284 g/mol. The van der Waals surface area contributed by atoms with Crippen molar-refractivity contribution in [3.05, 3.63) is 58.8 Å². The summed E-state index contributed by atoms with van der Waals surface area (Å²) >= 11 is 0. The Kier molecular flexibility index (Phi) is 6.41. The van der Waals surface area contributed by atoms with Crippen LogP contribution in [0.5, 0.6) is 0 Å². The van der Waals surface area contributed by atoms with E-state index in [9.17, 15) is 0 Å². The smallest absolute Gasteiger partial charge is 0.0508 e. The molecule has 0 aliphatic carbocycles. The first-order valence-electron chi connectivity index (χ1n) is 7.60. The van der Waals surface area contributed by atoms with Gasteiger partial charge in [0.05, 0.1) is 5.71 Å². The van der Waals surface area contributed by atoms with Crippen LogP contribution in [0.2, 0.25) is 0 Å². The van der Waals surface area contributed by atoms with Gasteiger partial charge in [0.2, 0.25) is 0 Å². The highest BCUT2D eigenvalue weighted by molar-refractivity contribution is 6.08. The predicted octanol–water partition coefficient (Wildman–Crippen LogP) is 4.76. The maximum Gasteiger partial charge on any atom is 0.0508 e. The molecule has 2 heteroatoms. The number of nitrogens with two attached hydrogens (primary N) is 1. The molecule has 2 N–H and O–H groups in total. The molecule has 0 amide bonds. The molecule has 0 bridgehead atoms. The van der Waals surface area contributed by atoms with Crippen LogP contribution in [0.1, 0.15) is 50.7 Å². The van der Waals surface area contributed by atoms with Crippen LogP contribution in [0.4, 0.5) is 0 Å². The third-order valence-electron chi connectivity index (χ3n) is 3.75. The molecule has 0 radical (unpaired) electrons. The van der Waals surface area contributed by atoms with E-state index in [2.05, 4.69) is 56.6 Å². The zero-order valence-electron chi connectivity index (χ0n) is 14.0. The molecule has 0 heterocycles. The number of aliphatic imine (C=N–C) groups is 1. The van der Waals surface area contributed by atoms with Crippen molar-refractivity contribution in [1.82, 2.24) is 0 Å². The summed E-state index contributed by atoms with van der Waals surface area (Å²) < 4.78 is 0. The summed E-state index contributed by atoms with van der Waals surface area (Å²) in [6.45, 7) is 12.5. The predicted molar refractivity (Wildman–Crippen MR) is 93.9 cm³/mol. The Bertz CT molecular complexity index is 547. The number of rotatable bonds is 6. The fourth-order valence-electron chi connectivity index (χ4n) is 2.59. The van der Waals surface area contributed by atoms with Gasteiger partial charge in [-0.3, -0.25) is 4.99 Å². The van der Waals surface area contributed by atoms with E-state index in [0.717, 1.165) is 35.4 Å². The third kappa shape index (κ3) is 4.32. The second-order valence-corrected chi connectivity index (χ2v) is 5.67. The Labute approximate surface area is 129 Å². The maximum absolute atomic E-state index is 6.28. The molecule has 1 aromatic rings. The molecule has 0 aromatic heterocycles. The van der Waals surface area contributed by atoms with Gasteiger partial charge in [0.15, 0.2) is 0 Å². The fourth-order valence-corrected chi connectivity index (χ4v) is 2.59. The van der Waals surface area contributed by atoms with Gasteiger partial charge in [-0.15, -0.1) is 0 Å². The first-order valence-corrected chi connectivity index (χ1v) is 7.60. The Morgan fingerprint density at radius 3 is 2.29 bits per heavy atom. The molecule has 114 valence electrons. The summed E-state index contributed by atoms with van der Waals surface area (Å²) in [4.78, 5) is 4.53. The van der Waals surface area contributed by atoms with Crippen LogP contribution in [0, 0.1) is 6.92 Å². The zero-order chi connectivity index (χ0) is 16.0. The lowest BCUT2D eigenvalue weighted by Crippen LogP contribution is -2.18. The van der Waals surface area contributed by atoms with Gasteiger partial charge in [-0.2, -0.15) is 0 Å².